The van der Waals surface area contributed by atoms with Gasteiger partial charge >= 0.3 is 0 Å². The molecule has 0 fully saturated rings. The minimum absolute atomic E-state index is 0.0572. The van der Waals surface area contributed by atoms with Gasteiger partial charge < -0.3 is 9.72 Å². The maximum absolute atomic E-state index is 12.5. The summed E-state index contributed by atoms with van der Waals surface area (Å²) in [4.78, 5) is 20.8. The van der Waals surface area contributed by atoms with E-state index in [0.29, 0.717) is 16.9 Å². The van der Waals surface area contributed by atoms with Gasteiger partial charge in [-0.05, 0) is 64.5 Å². The van der Waals surface area contributed by atoms with Gasteiger partial charge in [0, 0.05) is 34.8 Å². The van der Waals surface area contributed by atoms with E-state index >= 15 is 0 Å². The highest BCUT2D eigenvalue weighted by Gasteiger charge is 2.15. The van der Waals surface area contributed by atoms with E-state index in [4.69, 9.17) is 0 Å². The van der Waals surface area contributed by atoms with Gasteiger partial charge in [-0.3, -0.25) is 14.5 Å². The number of nitrogens with zero attached hydrogens (tertiary/aromatic N) is 3. The summed E-state index contributed by atoms with van der Waals surface area (Å²) in [5.74, 6) is -0.320. The van der Waals surface area contributed by atoms with Crippen molar-refractivity contribution in [2.24, 2.45) is 0 Å². The molecule has 1 amide bonds. The number of amides is 1. The third-order valence-electron chi connectivity index (χ3n) is 4.25. The van der Waals surface area contributed by atoms with Crippen molar-refractivity contribution in [1.82, 2.24) is 19.7 Å². The summed E-state index contributed by atoms with van der Waals surface area (Å²) >= 11 is 3.40. The summed E-state index contributed by atoms with van der Waals surface area (Å²) in [5.41, 5.74) is 2.25. The quantitative estimate of drug-likeness (QED) is 0.436. The monoisotopic (exact) mass is 485 g/mol. The maximum atomic E-state index is 12.5. The topological polar surface area (TPSA) is 105 Å². The molecule has 3 heterocycles. The first-order chi connectivity index (χ1) is 14.4. The average Bonchev–Trinajstić information content (AvgIpc) is 3.14. The Morgan fingerprint density at radius 1 is 1.00 bits per heavy atom. The number of carbonyl (C=O) groups excluding carboxylic acids is 1. The molecule has 3 aromatic heterocycles. The van der Waals surface area contributed by atoms with Crippen LogP contribution >= 0.6 is 15.9 Å². The molecule has 30 heavy (non-hydrogen) atoms. The van der Waals surface area contributed by atoms with E-state index < -0.39 is 10.0 Å². The van der Waals surface area contributed by atoms with Crippen LogP contribution in [0, 0.1) is 0 Å². The summed E-state index contributed by atoms with van der Waals surface area (Å²) in [6.07, 6.45) is 6.70. The number of anilines is 1. The van der Waals surface area contributed by atoms with E-state index in [1.165, 1.54) is 36.7 Å². The largest absolute Gasteiger partial charge is 0.346 e. The molecule has 0 spiro atoms. The zero-order valence-electron chi connectivity index (χ0n) is 15.5. The van der Waals surface area contributed by atoms with Gasteiger partial charge in [-0.25, -0.2) is 13.4 Å². The Morgan fingerprint density at radius 2 is 1.73 bits per heavy atom. The lowest BCUT2D eigenvalue weighted by molar-refractivity contribution is 0.0950. The molecule has 8 nitrogen and oxygen atoms in total. The molecule has 0 atom stereocenters. The number of benzene rings is 1. The van der Waals surface area contributed by atoms with Crippen molar-refractivity contribution in [1.29, 1.82) is 0 Å². The third kappa shape index (κ3) is 4.50. The number of nitrogens with one attached hydrogen (secondary N) is 2. The van der Waals surface area contributed by atoms with Crippen LogP contribution in [0.4, 0.5) is 5.69 Å². The van der Waals surface area contributed by atoms with Crippen LogP contribution in [0.3, 0.4) is 0 Å². The molecule has 0 aliphatic heterocycles. The number of carbonyl (C=O) groups is 1. The Kier molecular flexibility index (Phi) is 5.51. The Bertz CT molecular complexity index is 1310. The standard InChI is InChI=1S/C20H16BrN5O3S/c21-15-3-6-19-24-17(13-26(19)12-15)11-23-20(27)14-1-4-18(5-2-14)30(28,29)25-16-7-9-22-10-8-16/h1-10,12-13H,11H2,(H,22,25)(H,23,27). The first-order valence-electron chi connectivity index (χ1n) is 8.85. The second kappa shape index (κ2) is 8.25. The van der Waals surface area contributed by atoms with E-state index in [9.17, 15) is 13.2 Å². The SMILES string of the molecule is O=C(NCc1cn2cc(Br)ccc2n1)c1ccc(S(=O)(=O)Nc2ccncc2)cc1. The Balaban J connectivity index is 1.42. The number of hydrogen-bond acceptors (Lipinski definition) is 5. The summed E-state index contributed by atoms with van der Waals surface area (Å²) < 4.78 is 30.2. The number of halogens is 1. The van der Waals surface area contributed by atoms with Crippen molar-refractivity contribution in [3.05, 3.63) is 89.0 Å². The van der Waals surface area contributed by atoms with Crippen LogP contribution in [0.2, 0.25) is 0 Å². The zero-order chi connectivity index (χ0) is 21.1. The molecule has 2 N–H and O–H groups in total. The summed E-state index contributed by atoms with van der Waals surface area (Å²) in [6, 6.07) is 12.6. The van der Waals surface area contributed by atoms with Gasteiger partial charge in [0.1, 0.15) is 5.65 Å². The number of aromatic nitrogens is 3. The van der Waals surface area contributed by atoms with Crippen molar-refractivity contribution in [2.45, 2.75) is 11.4 Å². The van der Waals surface area contributed by atoms with Crippen LogP contribution in [-0.4, -0.2) is 28.7 Å². The number of pyridine rings is 2. The van der Waals surface area contributed by atoms with Crippen LogP contribution < -0.4 is 10.0 Å². The summed E-state index contributed by atoms with van der Waals surface area (Å²) in [5, 5.41) is 2.79. The van der Waals surface area contributed by atoms with Gasteiger partial charge in [0.2, 0.25) is 0 Å². The van der Waals surface area contributed by atoms with Crippen molar-refractivity contribution in [3.63, 3.8) is 0 Å². The molecular weight excluding hydrogens is 470 g/mol. The smallest absolute Gasteiger partial charge is 0.261 e. The van der Waals surface area contributed by atoms with Crippen LogP contribution in [0.5, 0.6) is 0 Å². The Hall–Kier alpha value is -3.24. The Morgan fingerprint density at radius 3 is 2.47 bits per heavy atom. The van der Waals surface area contributed by atoms with Gasteiger partial charge in [0.05, 0.1) is 22.8 Å². The molecule has 0 aliphatic carbocycles. The van der Waals surface area contributed by atoms with Gasteiger partial charge in [-0.1, -0.05) is 0 Å². The number of hydrogen-bond donors (Lipinski definition) is 2. The van der Waals surface area contributed by atoms with E-state index in [1.54, 1.807) is 12.1 Å². The maximum Gasteiger partial charge on any atom is 0.261 e. The molecule has 0 bridgehead atoms. The van der Waals surface area contributed by atoms with Crippen LogP contribution in [0.25, 0.3) is 5.65 Å². The van der Waals surface area contributed by atoms with Gasteiger partial charge in [0.15, 0.2) is 0 Å². The molecule has 0 saturated carbocycles. The minimum Gasteiger partial charge on any atom is -0.346 e. The number of fused-ring (bicyclic) bond motifs is 1. The van der Waals surface area contributed by atoms with Crippen molar-refractivity contribution in [3.8, 4) is 0 Å². The van der Waals surface area contributed by atoms with E-state index in [0.717, 1.165) is 10.1 Å². The molecule has 0 aliphatic rings. The van der Waals surface area contributed by atoms with Gasteiger partial charge in [0.25, 0.3) is 15.9 Å². The van der Waals surface area contributed by atoms with Crippen molar-refractivity contribution >= 4 is 43.2 Å². The highest BCUT2D eigenvalue weighted by molar-refractivity contribution is 9.10. The molecule has 4 rings (SSSR count). The number of sulfonamides is 1. The van der Waals surface area contributed by atoms with E-state index in [2.05, 4.69) is 35.9 Å². The normalized spacial score (nSPS) is 11.4. The second-order valence-electron chi connectivity index (χ2n) is 6.39. The zero-order valence-corrected chi connectivity index (χ0v) is 17.9. The molecule has 4 aromatic rings. The Labute approximate surface area is 181 Å². The summed E-state index contributed by atoms with van der Waals surface area (Å²) in [7, 11) is -3.76. The van der Waals surface area contributed by atoms with E-state index in [1.807, 2.05) is 28.9 Å². The van der Waals surface area contributed by atoms with Crippen molar-refractivity contribution < 1.29 is 13.2 Å². The van der Waals surface area contributed by atoms with E-state index in [-0.39, 0.29) is 17.3 Å². The van der Waals surface area contributed by atoms with Crippen LogP contribution in [0.1, 0.15) is 16.1 Å². The highest BCUT2D eigenvalue weighted by atomic mass is 79.9. The molecule has 0 saturated heterocycles. The number of rotatable bonds is 6. The molecule has 0 unspecified atom stereocenters. The molecular formula is C20H16BrN5O3S. The average molecular weight is 486 g/mol. The fraction of sp³-hybridized carbons (Fsp3) is 0.0500. The third-order valence-corrected chi connectivity index (χ3v) is 6.12. The lowest BCUT2D eigenvalue weighted by Crippen LogP contribution is -2.23. The molecule has 10 heteroatoms. The minimum atomic E-state index is -3.76. The molecule has 152 valence electrons. The number of imidazole rings is 1. The lowest BCUT2D eigenvalue weighted by Gasteiger charge is -2.08. The van der Waals surface area contributed by atoms with Gasteiger partial charge in [-0.2, -0.15) is 0 Å². The molecule has 1 aromatic carbocycles. The predicted octanol–water partition coefficient (Wildman–Crippen LogP) is 3.22. The second-order valence-corrected chi connectivity index (χ2v) is 8.99. The van der Waals surface area contributed by atoms with Gasteiger partial charge in [-0.15, -0.1) is 0 Å². The van der Waals surface area contributed by atoms with Crippen LogP contribution in [-0.2, 0) is 16.6 Å². The predicted molar refractivity (Wildman–Crippen MR) is 116 cm³/mol. The van der Waals surface area contributed by atoms with Crippen molar-refractivity contribution in [2.75, 3.05) is 4.72 Å². The summed E-state index contributed by atoms with van der Waals surface area (Å²) in [6.45, 7) is 0.252. The fourth-order valence-corrected chi connectivity index (χ4v) is 4.21. The first kappa shape index (κ1) is 20.0. The lowest BCUT2D eigenvalue weighted by atomic mass is 10.2. The first-order valence-corrected chi connectivity index (χ1v) is 11.1. The fourth-order valence-electron chi connectivity index (χ4n) is 2.79. The highest BCUT2D eigenvalue weighted by Crippen LogP contribution is 2.16. The van der Waals surface area contributed by atoms with Crippen LogP contribution in [0.15, 0.2) is 82.7 Å². The molecule has 0 radical (unpaired) electrons.